The molecule has 0 rings (SSSR count). The molecule has 0 amide bonds. The molecule has 0 N–H and O–H groups in total. The molecular formula is C5H7CdNO. The van der Waals surface area contributed by atoms with Crippen LogP contribution < -0.4 is 0 Å². The smallest absolute Gasteiger partial charge is 0.130 e. The fourth-order valence-corrected chi connectivity index (χ4v) is 0.232. The summed E-state index contributed by atoms with van der Waals surface area (Å²) < 4.78 is 0. The zero-order valence-corrected chi connectivity index (χ0v) is 9.01. The molecule has 0 heterocycles. The van der Waals surface area contributed by atoms with Gasteiger partial charge in [-0.2, -0.15) is 5.26 Å². The van der Waals surface area contributed by atoms with Crippen molar-refractivity contribution in [2.24, 2.45) is 0 Å². The van der Waals surface area contributed by atoms with E-state index >= 15 is 0 Å². The number of nitrogens with zero attached hydrogens (tertiary/aromatic N) is 1. The van der Waals surface area contributed by atoms with Crippen LogP contribution in [0.1, 0.15) is 19.8 Å². The fraction of sp³-hybridized carbons (Fsp3) is 0.600. The Morgan fingerprint density at radius 1 is 1.75 bits per heavy atom. The average molecular weight is 210 g/mol. The Labute approximate surface area is 69.0 Å². The predicted molar refractivity (Wildman–Crippen MR) is 25.5 cm³/mol. The summed E-state index contributed by atoms with van der Waals surface area (Å²) >= 11 is 0. The van der Waals surface area contributed by atoms with E-state index in [9.17, 15) is 4.79 Å². The minimum Gasteiger partial charge on any atom is -0.300 e. The monoisotopic (exact) mass is 211 g/mol. The first-order valence-electron chi connectivity index (χ1n) is 2.13. The van der Waals surface area contributed by atoms with Crippen LogP contribution in [0.2, 0.25) is 0 Å². The molecule has 0 aliphatic rings. The van der Waals surface area contributed by atoms with Crippen molar-refractivity contribution in [3.05, 3.63) is 0 Å². The van der Waals surface area contributed by atoms with Gasteiger partial charge in [-0.3, -0.25) is 4.79 Å². The number of nitriles is 1. The molecule has 0 aliphatic carbocycles. The fourth-order valence-electron chi connectivity index (χ4n) is 0.232. The Morgan fingerprint density at radius 2 is 2.25 bits per heavy atom. The number of rotatable bonds is 2. The third-order valence-corrected chi connectivity index (χ3v) is 0.589. The molecule has 2 nitrogen and oxygen atoms in total. The number of ketones is 1. The van der Waals surface area contributed by atoms with E-state index in [0.29, 0.717) is 12.8 Å². The van der Waals surface area contributed by atoms with Crippen LogP contribution >= 0.6 is 0 Å². The van der Waals surface area contributed by atoms with Crippen molar-refractivity contribution in [1.82, 2.24) is 0 Å². The van der Waals surface area contributed by atoms with E-state index in [-0.39, 0.29) is 33.1 Å². The molecule has 0 radical (unpaired) electrons. The van der Waals surface area contributed by atoms with Crippen molar-refractivity contribution < 1.29 is 32.1 Å². The number of hydrogen-bond acceptors (Lipinski definition) is 2. The topological polar surface area (TPSA) is 40.9 Å². The van der Waals surface area contributed by atoms with Gasteiger partial charge >= 0.3 is 0 Å². The SMILES string of the molecule is CC(=O)CCC#N.[Cd]. The Morgan fingerprint density at radius 3 is 2.38 bits per heavy atom. The molecule has 0 aromatic rings. The summed E-state index contributed by atoms with van der Waals surface area (Å²) in [5, 5.41) is 7.91. The third-order valence-electron chi connectivity index (χ3n) is 0.589. The van der Waals surface area contributed by atoms with Crippen LogP contribution in [0.5, 0.6) is 0 Å². The molecule has 0 saturated carbocycles. The van der Waals surface area contributed by atoms with Gasteiger partial charge in [-0.05, 0) is 6.92 Å². The van der Waals surface area contributed by atoms with Crippen molar-refractivity contribution in [3.8, 4) is 6.07 Å². The third kappa shape index (κ3) is 9.43. The first kappa shape index (κ1) is 11.0. The minimum absolute atomic E-state index is 0. The standard InChI is InChI=1S/C5H7NO.Cd/c1-5(7)3-2-4-6;/h2-3H2,1H3;. The maximum atomic E-state index is 10.1. The molecule has 8 heavy (non-hydrogen) atoms. The Bertz CT molecular complexity index is 105. The van der Waals surface area contributed by atoms with Crippen molar-refractivity contribution in [2.45, 2.75) is 19.8 Å². The first-order chi connectivity index (χ1) is 3.27. The van der Waals surface area contributed by atoms with E-state index in [4.69, 9.17) is 5.26 Å². The molecule has 3 heteroatoms. The summed E-state index contributed by atoms with van der Waals surface area (Å²) in [5.74, 6) is 0.0848. The molecular weight excluding hydrogens is 202 g/mol. The number of Topliss-reactive ketones (excluding diaryl/α,β-unsaturated/α-hetero) is 1. The van der Waals surface area contributed by atoms with Gasteiger partial charge < -0.3 is 0 Å². The van der Waals surface area contributed by atoms with Gasteiger partial charge in [-0.25, -0.2) is 0 Å². The van der Waals surface area contributed by atoms with Crippen LogP contribution in [0.3, 0.4) is 0 Å². The van der Waals surface area contributed by atoms with Crippen molar-refractivity contribution in [1.29, 1.82) is 5.26 Å². The van der Waals surface area contributed by atoms with Gasteiger partial charge in [0, 0.05) is 40.1 Å². The van der Waals surface area contributed by atoms with Crippen LogP contribution in [0, 0.1) is 11.3 Å². The number of carbonyl (C=O) groups excluding carboxylic acids is 1. The second-order valence-corrected chi connectivity index (χ2v) is 1.36. The van der Waals surface area contributed by atoms with E-state index in [1.807, 2.05) is 6.07 Å². The van der Waals surface area contributed by atoms with Crippen LogP contribution in [0.25, 0.3) is 0 Å². The molecule has 40 valence electrons. The van der Waals surface area contributed by atoms with Crippen LogP contribution in [0.4, 0.5) is 0 Å². The van der Waals surface area contributed by atoms with Crippen LogP contribution in [-0.2, 0) is 32.1 Å². The van der Waals surface area contributed by atoms with Crippen molar-refractivity contribution >= 4 is 5.78 Å². The number of carbonyl (C=O) groups is 1. The second kappa shape index (κ2) is 7.08. The van der Waals surface area contributed by atoms with E-state index in [0.717, 1.165) is 0 Å². The van der Waals surface area contributed by atoms with E-state index in [2.05, 4.69) is 0 Å². The zero-order chi connectivity index (χ0) is 5.70. The average Bonchev–Trinajstić information content (AvgIpc) is 1.61. The normalized spacial score (nSPS) is 6.50. The predicted octanol–water partition coefficient (Wildman–Crippen LogP) is 0.877. The maximum absolute atomic E-state index is 10.1. The quantitative estimate of drug-likeness (QED) is 0.634. The van der Waals surface area contributed by atoms with Crippen molar-refractivity contribution in [2.75, 3.05) is 0 Å². The van der Waals surface area contributed by atoms with Crippen molar-refractivity contribution in [3.63, 3.8) is 0 Å². The zero-order valence-electron chi connectivity index (χ0n) is 4.98. The van der Waals surface area contributed by atoms with Gasteiger partial charge in [0.05, 0.1) is 6.07 Å². The molecule has 0 bridgehead atoms. The van der Waals surface area contributed by atoms with Gasteiger partial charge in [0.15, 0.2) is 0 Å². The molecule has 0 saturated heterocycles. The summed E-state index contributed by atoms with van der Waals surface area (Å²) in [7, 11) is 0. The van der Waals surface area contributed by atoms with Gasteiger partial charge in [-0.1, -0.05) is 0 Å². The molecule has 0 aliphatic heterocycles. The largest absolute Gasteiger partial charge is 0.300 e. The molecule has 0 unspecified atom stereocenters. The molecule has 0 atom stereocenters. The van der Waals surface area contributed by atoms with Gasteiger partial charge in [0.25, 0.3) is 0 Å². The van der Waals surface area contributed by atoms with Gasteiger partial charge in [0.2, 0.25) is 0 Å². The molecule has 0 aromatic heterocycles. The Hall–Kier alpha value is 0.0821. The maximum Gasteiger partial charge on any atom is 0.130 e. The molecule has 0 aromatic carbocycles. The molecule has 0 spiro atoms. The summed E-state index contributed by atoms with van der Waals surface area (Å²) in [6, 6.07) is 1.88. The Balaban J connectivity index is 0. The molecule has 0 fully saturated rings. The van der Waals surface area contributed by atoms with E-state index in [1.165, 1.54) is 6.92 Å². The summed E-state index contributed by atoms with van der Waals surface area (Å²) in [4.78, 5) is 10.1. The first-order valence-corrected chi connectivity index (χ1v) is 2.13. The number of hydrogen-bond donors (Lipinski definition) is 0. The van der Waals surface area contributed by atoms with Gasteiger partial charge in [-0.15, -0.1) is 0 Å². The van der Waals surface area contributed by atoms with Crippen LogP contribution in [-0.4, -0.2) is 5.78 Å². The Kier molecular flexibility index (Phi) is 9.70. The van der Waals surface area contributed by atoms with Crippen LogP contribution in [0.15, 0.2) is 0 Å². The summed E-state index contributed by atoms with van der Waals surface area (Å²) in [6.45, 7) is 1.48. The van der Waals surface area contributed by atoms with Gasteiger partial charge in [0.1, 0.15) is 5.78 Å². The van der Waals surface area contributed by atoms with E-state index < -0.39 is 0 Å². The van der Waals surface area contributed by atoms with E-state index in [1.54, 1.807) is 0 Å². The summed E-state index contributed by atoms with van der Waals surface area (Å²) in [6.07, 6.45) is 0.756. The summed E-state index contributed by atoms with van der Waals surface area (Å²) in [5.41, 5.74) is 0. The minimum atomic E-state index is 0. The second-order valence-electron chi connectivity index (χ2n) is 1.36.